The van der Waals surface area contributed by atoms with E-state index >= 15 is 0 Å². The van der Waals surface area contributed by atoms with Crippen LogP contribution in [0.3, 0.4) is 0 Å². The summed E-state index contributed by atoms with van der Waals surface area (Å²) in [6.07, 6.45) is -0.00332. The summed E-state index contributed by atoms with van der Waals surface area (Å²) >= 11 is 6.09. The summed E-state index contributed by atoms with van der Waals surface area (Å²) in [5.41, 5.74) is 6.31. The fourth-order valence-corrected chi connectivity index (χ4v) is 2.80. The molecule has 0 aromatic heterocycles. The summed E-state index contributed by atoms with van der Waals surface area (Å²) < 4.78 is 5.79. The zero-order chi connectivity index (χ0) is 14.2. The zero-order valence-electron chi connectivity index (χ0n) is 11.4. The summed E-state index contributed by atoms with van der Waals surface area (Å²) in [6, 6.07) is 5.11. The number of benzene rings is 1. The number of nitrogen functional groups attached to an aromatic ring is 1. The smallest absolute Gasteiger partial charge is 0.257 e. The van der Waals surface area contributed by atoms with Crippen LogP contribution in [-0.4, -0.2) is 35.6 Å². The quantitative estimate of drug-likeness (QED) is 0.806. The highest BCUT2D eigenvalue weighted by atomic mass is 35.5. The number of halogens is 1. The summed E-state index contributed by atoms with van der Waals surface area (Å²) in [7, 11) is 0. The molecule has 1 fully saturated rings. The van der Waals surface area contributed by atoms with E-state index in [-0.39, 0.29) is 17.6 Å². The molecule has 0 saturated carbocycles. The second-order valence-corrected chi connectivity index (χ2v) is 5.99. The highest BCUT2D eigenvalue weighted by Gasteiger charge is 2.35. The Kier molecular flexibility index (Phi) is 3.74. The number of hydrogen-bond donors (Lipinski definition) is 1. The number of morpholine rings is 1. The predicted octanol–water partition coefficient (Wildman–Crippen LogP) is 2.56. The van der Waals surface area contributed by atoms with Gasteiger partial charge < -0.3 is 15.4 Å². The molecule has 5 heteroatoms. The lowest BCUT2D eigenvalue weighted by Gasteiger charge is -2.41. The SMILES string of the molecule is CC1CN(C(=O)c2c(N)cccc2Cl)CC(C)(C)O1. The lowest BCUT2D eigenvalue weighted by Crippen LogP contribution is -2.53. The average Bonchev–Trinajstić information content (AvgIpc) is 2.25. The van der Waals surface area contributed by atoms with Gasteiger partial charge in [-0.25, -0.2) is 0 Å². The van der Waals surface area contributed by atoms with Crippen molar-refractivity contribution in [2.75, 3.05) is 18.8 Å². The molecular formula is C14H19ClN2O2. The van der Waals surface area contributed by atoms with Crippen LogP contribution in [0.1, 0.15) is 31.1 Å². The van der Waals surface area contributed by atoms with Crippen LogP contribution >= 0.6 is 11.6 Å². The molecule has 1 heterocycles. The maximum absolute atomic E-state index is 12.6. The number of carbonyl (C=O) groups excluding carboxylic acids is 1. The fourth-order valence-electron chi connectivity index (χ4n) is 2.53. The first-order valence-electron chi connectivity index (χ1n) is 6.31. The van der Waals surface area contributed by atoms with Crippen LogP contribution < -0.4 is 5.73 Å². The van der Waals surface area contributed by atoms with Crippen molar-refractivity contribution in [1.29, 1.82) is 0 Å². The zero-order valence-corrected chi connectivity index (χ0v) is 12.2. The van der Waals surface area contributed by atoms with Crippen molar-refractivity contribution in [3.63, 3.8) is 0 Å². The van der Waals surface area contributed by atoms with Crippen molar-refractivity contribution >= 4 is 23.2 Å². The molecule has 2 N–H and O–H groups in total. The van der Waals surface area contributed by atoms with Crippen LogP contribution in [0.25, 0.3) is 0 Å². The Morgan fingerprint density at radius 3 is 2.79 bits per heavy atom. The average molecular weight is 283 g/mol. The van der Waals surface area contributed by atoms with Crippen molar-refractivity contribution in [2.45, 2.75) is 32.5 Å². The van der Waals surface area contributed by atoms with E-state index in [1.165, 1.54) is 0 Å². The van der Waals surface area contributed by atoms with Gasteiger partial charge in [0, 0.05) is 18.8 Å². The minimum absolute atomic E-state index is 0.00332. The number of amides is 1. The monoisotopic (exact) mass is 282 g/mol. The van der Waals surface area contributed by atoms with Gasteiger partial charge in [-0.05, 0) is 32.9 Å². The van der Waals surface area contributed by atoms with E-state index in [0.717, 1.165) is 0 Å². The molecule has 1 unspecified atom stereocenters. The third kappa shape index (κ3) is 3.01. The number of hydrogen-bond acceptors (Lipinski definition) is 3. The van der Waals surface area contributed by atoms with Crippen molar-refractivity contribution in [3.05, 3.63) is 28.8 Å². The highest BCUT2D eigenvalue weighted by Crippen LogP contribution is 2.27. The molecule has 1 aromatic rings. The number of carbonyl (C=O) groups is 1. The molecular weight excluding hydrogens is 264 g/mol. The highest BCUT2D eigenvalue weighted by molar-refractivity contribution is 6.34. The summed E-state index contributed by atoms with van der Waals surface area (Å²) in [5, 5.41) is 0.391. The molecule has 1 aliphatic rings. The van der Waals surface area contributed by atoms with Crippen LogP contribution in [0.2, 0.25) is 5.02 Å². The Hall–Kier alpha value is -1.26. The molecule has 0 spiro atoms. The van der Waals surface area contributed by atoms with Gasteiger partial charge in [-0.2, -0.15) is 0 Å². The van der Waals surface area contributed by atoms with Gasteiger partial charge in [0.25, 0.3) is 5.91 Å². The van der Waals surface area contributed by atoms with Gasteiger partial charge in [-0.15, -0.1) is 0 Å². The molecule has 1 atom stereocenters. The number of anilines is 1. The number of rotatable bonds is 1. The third-order valence-corrected chi connectivity index (χ3v) is 3.43. The molecule has 1 amide bonds. The normalized spacial score (nSPS) is 22.3. The Labute approximate surface area is 118 Å². The first-order chi connectivity index (χ1) is 8.80. The minimum Gasteiger partial charge on any atom is -0.398 e. The van der Waals surface area contributed by atoms with E-state index < -0.39 is 0 Å². The molecule has 0 radical (unpaired) electrons. The maximum Gasteiger partial charge on any atom is 0.257 e. The largest absolute Gasteiger partial charge is 0.398 e. The Balaban J connectivity index is 2.29. The Bertz CT molecular complexity index is 482. The molecule has 1 saturated heterocycles. The standard InChI is InChI=1S/C14H19ClN2O2/c1-9-7-17(8-14(2,3)19-9)13(18)12-10(15)5-4-6-11(12)16/h4-6,9H,7-8,16H2,1-3H3. The van der Waals surface area contributed by atoms with Crippen molar-refractivity contribution in [1.82, 2.24) is 4.90 Å². The summed E-state index contributed by atoms with van der Waals surface area (Å²) in [5.74, 6) is -0.133. The van der Waals surface area contributed by atoms with E-state index in [2.05, 4.69) is 0 Å². The third-order valence-electron chi connectivity index (χ3n) is 3.12. The van der Waals surface area contributed by atoms with E-state index in [4.69, 9.17) is 22.1 Å². The predicted molar refractivity (Wildman–Crippen MR) is 76.4 cm³/mol. The molecule has 1 aromatic carbocycles. The molecule has 104 valence electrons. The molecule has 4 nitrogen and oxygen atoms in total. The molecule has 0 aliphatic carbocycles. The van der Waals surface area contributed by atoms with E-state index in [1.807, 2.05) is 20.8 Å². The molecule has 19 heavy (non-hydrogen) atoms. The Morgan fingerprint density at radius 1 is 1.53 bits per heavy atom. The number of nitrogens with zero attached hydrogens (tertiary/aromatic N) is 1. The van der Waals surface area contributed by atoms with Crippen LogP contribution in [-0.2, 0) is 4.74 Å². The van der Waals surface area contributed by atoms with E-state index in [9.17, 15) is 4.79 Å². The minimum atomic E-state index is -0.358. The topological polar surface area (TPSA) is 55.6 Å². The Morgan fingerprint density at radius 2 is 2.21 bits per heavy atom. The lowest BCUT2D eigenvalue weighted by atomic mass is 10.0. The van der Waals surface area contributed by atoms with Crippen LogP contribution in [0, 0.1) is 0 Å². The molecule has 1 aliphatic heterocycles. The van der Waals surface area contributed by atoms with Gasteiger partial charge in [0.2, 0.25) is 0 Å². The first kappa shape index (κ1) is 14.2. The molecule has 2 rings (SSSR count). The van der Waals surface area contributed by atoms with Crippen molar-refractivity contribution < 1.29 is 9.53 Å². The fraction of sp³-hybridized carbons (Fsp3) is 0.500. The second-order valence-electron chi connectivity index (χ2n) is 5.58. The van der Waals surface area contributed by atoms with Crippen molar-refractivity contribution in [3.8, 4) is 0 Å². The van der Waals surface area contributed by atoms with Gasteiger partial charge in [0.05, 0.1) is 22.3 Å². The lowest BCUT2D eigenvalue weighted by molar-refractivity contribution is -0.118. The summed E-state index contributed by atoms with van der Waals surface area (Å²) in [6.45, 7) is 6.97. The number of nitrogens with two attached hydrogens (primary N) is 1. The van der Waals surface area contributed by atoms with Crippen LogP contribution in [0.15, 0.2) is 18.2 Å². The van der Waals surface area contributed by atoms with Gasteiger partial charge in [-0.1, -0.05) is 17.7 Å². The molecule has 0 bridgehead atoms. The van der Waals surface area contributed by atoms with Gasteiger partial charge in [0.1, 0.15) is 0 Å². The second kappa shape index (κ2) is 5.02. The summed E-state index contributed by atoms with van der Waals surface area (Å²) in [4.78, 5) is 14.3. The van der Waals surface area contributed by atoms with E-state index in [1.54, 1.807) is 23.1 Å². The maximum atomic E-state index is 12.6. The first-order valence-corrected chi connectivity index (χ1v) is 6.69. The van der Waals surface area contributed by atoms with Crippen LogP contribution in [0.4, 0.5) is 5.69 Å². The van der Waals surface area contributed by atoms with Gasteiger partial charge >= 0.3 is 0 Å². The number of ether oxygens (including phenoxy) is 1. The van der Waals surface area contributed by atoms with Gasteiger partial charge in [0.15, 0.2) is 0 Å². The van der Waals surface area contributed by atoms with Crippen molar-refractivity contribution in [2.24, 2.45) is 0 Å². The van der Waals surface area contributed by atoms with E-state index in [0.29, 0.717) is 29.4 Å². The van der Waals surface area contributed by atoms with Crippen LogP contribution in [0.5, 0.6) is 0 Å². The van der Waals surface area contributed by atoms with Gasteiger partial charge in [-0.3, -0.25) is 4.79 Å².